The molecule has 2 aliphatic heterocycles. The molecule has 0 unspecified atom stereocenters. The van der Waals surface area contributed by atoms with E-state index < -0.39 is 20.0 Å². The molecule has 2 saturated heterocycles. The molecule has 2 aliphatic rings. The molecule has 8 nitrogen and oxygen atoms in total. The molecule has 11 heteroatoms. The predicted octanol–water partition coefficient (Wildman–Crippen LogP) is 3.17. The van der Waals surface area contributed by atoms with Crippen LogP contribution in [0.3, 0.4) is 0 Å². The van der Waals surface area contributed by atoms with Crippen molar-refractivity contribution in [2.24, 2.45) is 0 Å². The number of halogens is 1. The molecule has 186 valence electrons. The molecule has 2 fully saturated rings. The summed E-state index contributed by atoms with van der Waals surface area (Å²) in [4.78, 5) is 0.0110. The number of rotatable bonds is 10. The zero-order chi connectivity index (χ0) is 24.2. The van der Waals surface area contributed by atoms with Crippen LogP contribution in [0.25, 0.3) is 0 Å². The summed E-state index contributed by atoms with van der Waals surface area (Å²) >= 11 is 6.29. The molecule has 34 heavy (non-hydrogen) atoms. The van der Waals surface area contributed by atoms with Gasteiger partial charge in [0.2, 0.25) is 20.0 Å². The molecular weight excluding hydrogens is 500 g/mol. The molecule has 0 aromatic heterocycles. The van der Waals surface area contributed by atoms with Gasteiger partial charge < -0.3 is 9.47 Å². The van der Waals surface area contributed by atoms with E-state index in [9.17, 15) is 16.8 Å². The SMILES string of the molecule is O=S(=O)(NC[C@H]1CCCO1)c1ccc(S(=O)(=O)N(Cc2ccccc2Cl)C[C@H]2CCCO2)cc1. The van der Waals surface area contributed by atoms with Gasteiger partial charge in [0.05, 0.1) is 22.0 Å². The lowest BCUT2D eigenvalue weighted by atomic mass is 10.2. The van der Waals surface area contributed by atoms with E-state index in [4.69, 9.17) is 21.1 Å². The van der Waals surface area contributed by atoms with E-state index in [1.54, 1.807) is 24.3 Å². The van der Waals surface area contributed by atoms with Gasteiger partial charge in [-0.3, -0.25) is 0 Å². The van der Waals surface area contributed by atoms with Crippen molar-refractivity contribution in [3.05, 3.63) is 59.1 Å². The predicted molar refractivity (Wildman–Crippen MR) is 129 cm³/mol. The molecule has 0 aliphatic carbocycles. The van der Waals surface area contributed by atoms with Crippen LogP contribution in [-0.4, -0.2) is 59.7 Å². The summed E-state index contributed by atoms with van der Waals surface area (Å²) < 4.78 is 67.4. The lowest BCUT2D eigenvalue weighted by Gasteiger charge is -2.25. The number of hydrogen-bond donors (Lipinski definition) is 1. The van der Waals surface area contributed by atoms with Crippen molar-refractivity contribution in [1.29, 1.82) is 0 Å². The maximum atomic E-state index is 13.5. The van der Waals surface area contributed by atoms with Gasteiger partial charge in [-0.2, -0.15) is 4.31 Å². The quantitative estimate of drug-likeness (QED) is 0.508. The van der Waals surface area contributed by atoms with Crippen LogP contribution in [0.4, 0.5) is 0 Å². The van der Waals surface area contributed by atoms with E-state index in [1.807, 2.05) is 0 Å². The lowest BCUT2D eigenvalue weighted by molar-refractivity contribution is 0.0926. The van der Waals surface area contributed by atoms with Crippen LogP contribution in [-0.2, 0) is 36.1 Å². The number of ether oxygens (including phenoxy) is 2. The van der Waals surface area contributed by atoms with Crippen LogP contribution < -0.4 is 4.72 Å². The maximum absolute atomic E-state index is 13.5. The molecular formula is C23H29ClN2O6S2. The van der Waals surface area contributed by atoms with Crippen LogP contribution in [0.1, 0.15) is 31.2 Å². The molecule has 1 N–H and O–H groups in total. The second-order valence-corrected chi connectivity index (χ2v) is 12.6. The van der Waals surface area contributed by atoms with Gasteiger partial charge in [-0.05, 0) is 61.6 Å². The first-order valence-electron chi connectivity index (χ1n) is 11.3. The Labute approximate surface area is 206 Å². The molecule has 0 radical (unpaired) electrons. The van der Waals surface area contributed by atoms with E-state index in [0.29, 0.717) is 23.8 Å². The Balaban J connectivity index is 1.53. The Morgan fingerprint density at radius 2 is 1.50 bits per heavy atom. The van der Waals surface area contributed by atoms with Crippen LogP contribution in [0, 0.1) is 0 Å². The highest BCUT2D eigenvalue weighted by Gasteiger charge is 2.30. The molecule has 2 aromatic carbocycles. The van der Waals surface area contributed by atoms with Crippen molar-refractivity contribution in [2.75, 3.05) is 26.3 Å². The monoisotopic (exact) mass is 528 g/mol. The van der Waals surface area contributed by atoms with Gasteiger partial charge in [0.25, 0.3) is 0 Å². The fourth-order valence-electron chi connectivity index (χ4n) is 4.11. The lowest BCUT2D eigenvalue weighted by Crippen LogP contribution is -2.37. The Morgan fingerprint density at radius 3 is 2.12 bits per heavy atom. The highest BCUT2D eigenvalue weighted by Crippen LogP contribution is 2.26. The highest BCUT2D eigenvalue weighted by atomic mass is 35.5. The van der Waals surface area contributed by atoms with Gasteiger partial charge in [-0.15, -0.1) is 0 Å². The minimum absolute atomic E-state index is 0.00114. The summed E-state index contributed by atoms with van der Waals surface area (Å²) in [5, 5.41) is 0.480. The van der Waals surface area contributed by atoms with Gasteiger partial charge in [0.1, 0.15) is 0 Å². The maximum Gasteiger partial charge on any atom is 0.243 e. The first-order valence-corrected chi connectivity index (χ1v) is 14.6. The third-order valence-electron chi connectivity index (χ3n) is 6.03. The van der Waals surface area contributed by atoms with Crippen LogP contribution >= 0.6 is 11.6 Å². The normalized spacial score (nSPS) is 21.4. The first-order chi connectivity index (χ1) is 16.3. The fraction of sp³-hybridized carbons (Fsp3) is 0.478. The number of nitrogens with one attached hydrogen (secondary N) is 1. The average molecular weight is 529 g/mol. The molecule has 2 atom stereocenters. The first kappa shape index (κ1) is 25.6. The Kier molecular flexibility index (Phi) is 8.29. The number of nitrogens with zero attached hydrogens (tertiary/aromatic N) is 1. The highest BCUT2D eigenvalue weighted by molar-refractivity contribution is 7.89. The van der Waals surface area contributed by atoms with Crippen molar-refractivity contribution < 1.29 is 26.3 Å². The standard InChI is InChI=1S/C23H29ClN2O6S2/c24-23-8-2-1-5-18(23)16-26(17-20-7-4-14-32-20)34(29,30)22-11-9-21(10-12-22)33(27,28)25-15-19-6-3-13-31-19/h1-2,5,8-12,19-20,25H,3-4,6-7,13-17H2/t19-,20-/m1/s1. The average Bonchev–Trinajstić information content (AvgIpc) is 3.53. The third-order valence-corrected chi connectivity index (χ3v) is 9.67. The molecule has 2 heterocycles. The summed E-state index contributed by atoms with van der Waals surface area (Å²) in [5.74, 6) is 0. The van der Waals surface area contributed by atoms with E-state index in [2.05, 4.69) is 4.72 Å². The van der Waals surface area contributed by atoms with Crippen molar-refractivity contribution >= 4 is 31.6 Å². The van der Waals surface area contributed by atoms with Crippen LogP contribution in [0.15, 0.2) is 58.3 Å². The van der Waals surface area contributed by atoms with Gasteiger partial charge in [0.15, 0.2) is 0 Å². The van der Waals surface area contributed by atoms with E-state index >= 15 is 0 Å². The number of hydrogen-bond acceptors (Lipinski definition) is 6. The summed E-state index contributed by atoms with van der Waals surface area (Å²) in [7, 11) is -7.71. The zero-order valence-corrected chi connectivity index (χ0v) is 21.1. The molecule has 0 bridgehead atoms. The summed E-state index contributed by atoms with van der Waals surface area (Å²) in [6.07, 6.45) is 3.06. The topological polar surface area (TPSA) is 102 Å². The number of benzene rings is 2. The second kappa shape index (κ2) is 11.0. The van der Waals surface area contributed by atoms with Crippen LogP contribution in [0.2, 0.25) is 5.02 Å². The smallest absolute Gasteiger partial charge is 0.243 e. The van der Waals surface area contributed by atoms with Crippen molar-refractivity contribution in [3.63, 3.8) is 0 Å². The Morgan fingerprint density at radius 1 is 0.882 bits per heavy atom. The van der Waals surface area contributed by atoms with Gasteiger partial charge in [-0.25, -0.2) is 21.6 Å². The summed E-state index contributed by atoms with van der Waals surface area (Å²) in [6, 6.07) is 12.4. The summed E-state index contributed by atoms with van der Waals surface area (Å²) in [6.45, 7) is 1.71. The number of sulfonamides is 2. The molecule has 4 rings (SSSR count). The van der Waals surface area contributed by atoms with E-state index in [1.165, 1.54) is 28.6 Å². The minimum atomic E-state index is -3.93. The molecule has 0 spiro atoms. The fourth-order valence-corrected chi connectivity index (χ4v) is 6.82. The minimum Gasteiger partial charge on any atom is -0.377 e. The zero-order valence-electron chi connectivity index (χ0n) is 18.7. The molecule has 2 aromatic rings. The van der Waals surface area contributed by atoms with Gasteiger partial charge >= 0.3 is 0 Å². The third kappa shape index (κ3) is 6.17. The molecule has 0 saturated carbocycles. The largest absolute Gasteiger partial charge is 0.377 e. The van der Waals surface area contributed by atoms with Crippen LogP contribution in [0.5, 0.6) is 0 Å². The van der Waals surface area contributed by atoms with Crippen molar-refractivity contribution in [2.45, 2.75) is 54.2 Å². The van der Waals surface area contributed by atoms with Gasteiger partial charge in [0, 0.05) is 37.9 Å². The van der Waals surface area contributed by atoms with Gasteiger partial charge in [-0.1, -0.05) is 29.8 Å². The Bertz CT molecular complexity index is 1180. The second-order valence-electron chi connectivity index (χ2n) is 8.48. The van der Waals surface area contributed by atoms with E-state index in [0.717, 1.165) is 25.7 Å². The van der Waals surface area contributed by atoms with Crippen molar-refractivity contribution in [3.8, 4) is 0 Å². The summed E-state index contributed by atoms with van der Waals surface area (Å²) in [5.41, 5.74) is 0.684. The van der Waals surface area contributed by atoms with Crippen molar-refractivity contribution in [1.82, 2.24) is 9.03 Å². The Hall–Kier alpha value is -1.53. The molecule has 0 amide bonds. The van der Waals surface area contributed by atoms with E-state index in [-0.39, 0.29) is 41.6 Å².